The molecule has 0 spiro atoms. The van der Waals surface area contributed by atoms with Gasteiger partial charge in [0.1, 0.15) is 11.6 Å². The lowest BCUT2D eigenvalue weighted by atomic mass is 9.77. The molecule has 1 amide bonds. The van der Waals surface area contributed by atoms with Crippen molar-refractivity contribution < 1.29 is 32.4 Å². The summed E-state index contributed by atoms with van der Waals surface area (Å²) in [7, 11) is -4.40. The van der Waals surface area contributed by atoms with Gasteiger partial charge in [-0.15, -0.1) is 0 Å². The summed E-state index contributed by atoms with van der Waals surface area (Å²) < 4.78 is 46.1. The van der Waals surface area contributed by atoms with E-state index in [1.807, 2.05) is 30.3 Å². The molecule has 1 saturated heterocycles. The van der Waals surface area contributed by atoms with E-state index in [4.69, 9.17) is 0 Å². The Balaban J connectivity index is 1.46. The van der Waals surface area contributed by atoms with E-state index in [0.717, 1.165) is 5.56 Å². The SMILES string of the molecule is O=C1[C@H](CC[C@H](O)c2ccccc2)[C@@H](c2ccc(-c3cccc(S(=O)(=O)O)c3)cc2O)N1c1ccc(F)cc1. The van der Waals surface area contributed by atoms with Gasteiger partial charge in [0.2, 0.25) is 5.91 Å². The Morgan fingerprint density at radius 1 is 0.872 bits per heavy atom. The smallest absolute Gasteiger partial charge is 0.294 e. The number of phenolic OH excluding ortho intramolecular Hbond substituents is 1. The first-order valence-corrected chi connectivity index (χ1v) is 13.8. The molecular formula is C30H26FNO6S. The second-order valence-electron chi connectivity index (χ2n) is 9.52. The summed E-state index contributed by atoms with van der Waals surface area (Å²) in [6, 6.07) is 24.6. The fraction of sp³-hybridized carbons (Fsp3) is 0.167. The zero-order chi connectivity index (χ0) is 27.7. The highest BCUT2D eigenvalue weighted by molar-refractivity contribution is 7.85. The summed E-state index contributed by atoms with van der Waals surface area (Å²) in [6.45, 7) is 0. The molecule has 200 valence electrons. The van der Waals surface area contributed by atoms with E-state index >= 15 is 0 Å². The van der Waals surface area contributed by atoms with E-state index in [0.29, 0.717) is 35.2 Å². The molecule has 0 bridgehead atoms. The number of nitrogens with zero attached hydrogens (tertiary/aromatic N) is 1. The average molecular weight is 548 g/mol. The van der Waals surface area contributed by atoms with Crippen LogP contribution in [0, 0.1) is 11.7 Å². The first-order chi connectivity index (χ1) is 18.6. The monoisotopic (exact) mass is 547 g/mol. The number of hydrogen-bond donors (Lipinski definition) is 3. The van der Waals surface area contributed by atoms with Crippen molar-refractivity contribution >= 4 is 21.7 Å². The molecule has 3 N–H and O–H groups in total. The largest absolute Gasteiger partial charge is 0.508 e. The molecule has 0 radical (unpaired) electrons. The summed E-state index contributed by atoms with van der Waals surface area (Å²) in [5.74, 6) is -1.28. The minimum absolute atomic E-state index is 0.108. The Labute approximate surface area is 225 Å². The number of carbonyl (C=O) groups is 1. The van der Waals surface area contributed by atoms with Crippen molar-refractivity contribution in [1.29, 1.82) is 0 Å². The Bertz CT molecular complexity index is 1610. The van der Waals surface area contributed by atoms with Gasteiger partial charge in [-0.1, -0.05) is 54.6 Å². The fourth-order valence-corrected chi connectivity index (χ4v) is 5.59. The number of aromatic hydroxyl groups is 1. The summed E-state index contributed by atoms with van der Waals surface area (Å²) >= 11 is 0. The number of halogens is 1. The maximum atomic E-state index is 13.6. The third-order valence-electron chi connectivity index (χ3n) is 7.07. The van der Waals surface area contributed by atoms with Gasteiger partial charge < -0.3 is 15.1 Å². The normalized spacial score (nSPS) is 18.0. The summed E-state index contributed by atoms with van der Waals surface area (Å²) in [5, 5.41) is 21.7. The number of aliphatic hydroxyl groups is 1. The first-order valence-electron chi connectivity index (χ1n) is 12.4. The standard InChI is InChI=1S/C30H26FNO6S/c31-22-10-12-23(13-11-22)32-29(26(30(32)35)15-16-27(33)19-5-2-1-3-6-19)25-14-9-21(18-28(25)34)20-7-4-8-24(17-20)39(36,37)38/h1-14,17-18,26-27,29,33-34H,15-16H2,(H,36,37,38)/t26-,27+,29-/m1/s1. The summed E-state index contributed by atoms with van der Waals surface area (Å²) in [5.41, 5.74) is 2.67. The molecule has 0 unspecified atom stereocenters. The molecule has 0 aliphatic carbocycles. The van der Waals surface area contributed by atoms with Crippen LogP contribution in [0.15, 0.2) is 102 Å². The first kappa shape index (κ1) is 26.6. The minimum atomic E-state index is -4.40. The molecule has 1 fully saturated rings. The number of amides is 1. The van der Waals surface area contributed by atoms with E-state index < -0.39 is 34.0 Å². The highest BCUT2D eigenvalue weighted by Crippen LogP contribution is 2.49. The molecule has 1 heterocycles. The fourth-order valence-electron chi connectivity index (χ4n) is 5.06. The number of anilines is 1. The number of phenols is 1. The molecule has 5 rings (SSSR count). The van der Waals surface area contributed by atoms with Crippen LogP contribution < -0.4 is 4.90 Å². The Kier molecular flexibility index (Phi) is 7.22. The number of rotatable bonds is 8. The lowest BCUT2D eigenvalue weighted by molar-refractivity contribution is -0.131. The van der Waals surface area contributed by atoms with E-state index in [2.05, 4.69) is 0 Å². The van der Waals surface area contributed by atoms with Gasteiger partial charge >= 0.3 is 0 Å². The number of aliphatic hydroxyl groups excluding tert-OH is 1. The van der Waals surface area contributed by atoms with E-state index in [1.54, 1.807) is 18.2 Å². The minimum Gasteiger partial charge on any atom is -0.508 e. The van der Waals surface area contributed by atoms with Crippen LogP contribution >= 0.6 is 0 Å². The lowest BCUT2D eigenvalue weighted by Gasteiger charge is -2.48. The van der Waals surface area contributed by atoms with Gasteiger partial charge in [-0.25, -0.2) is 4.39 Å². The van der Waals surface area contributed by atoms with Crippen LogP contribution in [0.25, 0.3) is 11.1 Å². The van der Waals surface area contributed by atoms with Gasteiger partial charge in [0.05, 0.1) is 23.0 Å². The lowest BCUT2D eigenvalue weighted by Crippen LogP contribution is -2.55. The van der Waals surface area contributed by atoms with Crippen LogP contribution in [0.4, 0.5) is 10.1 Å². The zero-order valence-electron chi connectivity index (χ0n) is 20.7. The third-order valence-corrected chi connectivity index (χ3v) is 7.92. The maximum Gasteiger partial charge on any atom is 0.294 e. The summed E-state index contributed by atoms with van der Waals surface area (Å²) in [6.07, 6.45) is -0.0739. The second kappa shape index (κ2) is 10.6. The highest BCUT2D eigenvalue weighted by Gasteiger charge is 2.49. The van der Waals surface area contributed by atoms with Crippen LogP contribution in [-0.4, -0.2) is 29.1 Å². The molecule has 1 aliphatic heterocycles. The molecule has 4 aromatic carbocycles. The molecule has 39 heavy (non-hydrogen) atoms. The Morgan fingerprint density at radius 3 is 2.23 bits per heavy atom. The zero-order valence-corrected chi connectivity index (χ0v) is 21.5. The molecule has 0 saturated carbocycles. The quantitative estimate of drug-likeness (QED) is 0.194. The van der Waals surface area contributed by atoms with Crippen molar-refractivity contribution in [2.45, 2.75) is 29.9 Å². The third kappa shape index (κ3) is 5.42. The van der Waals surface area contributed by atoms with E-state index in [-0.39, 0.29) is 16.6 Å². The molecule has 4 aromatic rings. The number of β-lactam (4-membered cyclic amide) rings is 1. The van der Waals surface area contributed by atoms with Crippen LogP contribution in [0.3, 0.4) is 0 Å². The highest BCUT2D eigenvalue weighted by atomic mass is 32.2. The van der Waals surface area contributed by atoms with Gasteiger partial charge in [0.25, 0.3) is 10.1 Å². The number of carbonyl (C=O) groups excluding carboxylic acids is 1. The Morgan fingerprint density at radius 2 is 1.56 bits per heavy atom. The average Bonchev–Trinajstić information content (AvgIpc) is 2.93. The topological polar surface area (TPSA) is 115 Å². The van der Waals surface area contributed by atoms with Crippen molar-refractivity contribution in [3.05, 3.63) is 114 Å². The molecule has 9 heteroatoms. The molecule has 7 nitrogen and oxygen atoms in total. The van der Waals surface area contributed by atoms with Crippen molar-refractivity contribution in [2.24, 2.45) is 5.92 Å². The maximum absolute atomic E-state index is 13.6. The van der Waals surface area contributed by atoms with Crippen molar-refractivity contribution in [2.75, 3.05) is 4.90 Å². The van der Waals surface area contributed by atoms with E-state index in [9.17, 15) is 32.4 Å². The van der Waals surface area contributed by atoms with Crippen LogP contribution in [0.5, 0.6) is 5.75 Å². The number of hydrogen-bond acceptors (Lipinski definition) is 5. The molecule has 0 aromatic heterocycles. The van der Waals surface area contributed by atoms with Crippen LogP contribution in [0.2, 0.25) is 0 Å². The molecular weight excluding hydrogens is 521 g/mol. The Hall–Kier alpha value is -4.05. The summed E-state index contributed by atoms with van der Waals surface area (Å²) in [4.78, 5) is 14.5. The predicted molar refractivity (Wildman–Crippen MR) is 144 cm³/mol. The predicted octanol–water partition coefficient (Wildman–Crippen LogP) is 5.66. The van der Waals surface area contributed by atoms with Crippen molar-refractivity contribution in [3.63, 3.8) is 0 Å². The molecule has 1 aliphatic rings. The van der Waals surface area contributed by atoms with Gasteiger partial charge in [-0.2, -0.15) is 8.42 Å². The van der Waals surface area contributed by atoms with Gasteiger partial charge in [0, 0.05) is 11.3 Å². The van der Waals surface area contributed by atoms with Gasteiger partial charge in [0.15, 0.2) is 0 Å². The van der Waals surface area contributed by atoms with E-state index in [1.165, 1.54) is 53.4 Å². The number of benzene rings is 4. The second-order valence-corrected chi connectivity index (χ2v) is 10.9. The van der Waals surface area contributed by atoms with Gasteiger partial charge in [-0.05, 0) is 72.0 Å². The van der Waals surface area contributed by atoms with Crippen molar-refractivity contribution in [1.82, 2.24) is 0 Å². The van der Waals surface area contributed by atoms with Gasteiger partial charge in [-0.3, -0.25) is 9.35 Å². The van der Waals surface area contributed by atoms with Crippen molar-refractivity contribution in [3.8, 4) is 16.9 Å². The molecule has 3 atom stereocenters. The van der Waals surface area contributed by atoms with Crippen LogP contribution in [0.1, 0.15) is 36.1 Å². The van der Waals surface area contributed by atoms with Crippen LogP contribution in [-0.2, 0) is 14.9 Å².